The first kappa shape index (κ1) is 22.8. The second-order valence-corrected chi connectivity index (χ2v) is 8.98. The molecule has 0 spiro atoms. The van der Waals surface area contributed by atoms with Crippen molar-refractivity contribution in [2.24, 2.45) is 10.9 Å². The number of rotatable bonds is 4. The standard InChI is InChI=1S/C19H18F3N7O3S/c20-10-1-2-12-13(7-10)28-17(29-6-4-19(21,22)14(23)9-29)16(27-12)18(30)26-11-3-5-25-15(8-11)33(24,31)32/h1-3,5,7-8,14H,4,6,9,23H2,(H2,24,31,32)(H,25,26,30)/t14-/m1/s1. The number of sulfonamides is 1. The normalized spacial score (nSPS) is 18.3. The van der Waals surface area contributed by atoms with Crippen LogP contribution in [0.1, 0.15) is 16.9 Å². The Morgan fingerprint density at radius 2 is 1.94 bits per heavy atom. The fourth-order valence-corrected chi connectivity index (χ4v) is 3.85. The summed E-state index contributed by atoms with van der Waals surface area (Å²) in [5, 5.41) is 7.07. The molecule has 1 amide bonds. The Balaban J connectivity index is 1.75. The zero-order chi connectivity index (χ0) is 24.0. The third kappa shape index (κ3) is 4.72. The van der Waals surface area contributed by atoms with Gasteiger partial charge in [-0.2, -0.15) is 0 Å². The van der Waals surface area contributed by atoms with Gasteiger partial charge in [0.15, 0.2) is 16.5 Å². The molecule has 0 aliphatic carbocycles. The molecule has 1 aliphatic rings. The highest BCUT2D eigenvalue weighted by Crippen LogP contribution is 2.31. The van der Waals surface area contributed by atoms with Crippen LogP contribution in [0.3, 0.4) is 0 Å². The number of primary sulfonamides is 1. The molecule has 10 nitrogen and oxygen atoms in total. The van der Waals surface area contributed by atoms with Gasteiger partial charge in [-0.1, -0.05) is 0 Å². The van der Waals surface area contributed by atoms with E-state index in [-0.39, 0.29) is 41.3 Å². The summed E-state index contributed by atoms with van der Waals surface area (Å²) in [7, 11) is -4.12. The van der Waals surface area contributed by atoms with Gasteiger partial charge >= 0.3 is 0 Å². The third-order valence-electron chi connectivity index (χ3n) is 5.08. The van der Waals surface area contributed by atoms with Gasteiger partial charge in [0.1, 0.15) is 5.82 Å². The molecule has 1 fully saturated rings. The van der Waals surface area contributed by atoms with Gasteiger partial charge in [0, 0.05) is 43.5 Å². The molecule has 4 rings (SSSR count). The number of carbonyl (C=O) groups is 1. The van der Waals surface area contributed by atoms with E-state index in [0.29, 0.717) is 0 Å². The van der Waals surface area contributed by atoms with Gasteiger partial charge in [0.2, 0.25) is 0 Å². The highest BCUT2D eigenvalue weighted by molar-refractivity contribution is 7.89. The molecule has 0 unspecified atom stereocenters. The van der Waals surface area contributed by atoms with E-state index in [9.17, 15) is 26.4 Å². The number of hydrogen-bond donors (Lipinski definition) is 3. The average Bonchev–Trinajstić information content (AvgIpc) is 2.74. The van der Waals surface area contributed by atoms with E-state index in [1.807, 2.05) is 0 Å². The molecule has 5 N–H and O–H groups in total. The summed E-state index contributed by atoms with van der Waals surface area (Å²) in [5.74, 6) is -4.54. The van der Waals surface area contributed by atoms with Gasteiger partial charge in [-0.15, -0.1) is 0 Å². The monoisotopic (exact) mass is 481 g/mol. The summed E-state index contributed by atoms with van der Waals surface area (Å²) < 4.78 is 64.6. The van der Waals surface area contributed by atoms with E-state index in [1.165, 1.54) is 17.0 Å². The fourth-order valence-electron chi connectivity index (χ4n) is 3.35. The van der Waals surface area contributed by atoms with Crippen molar-refractivity contribution in [3.05, 3.63) is 48.0 Å². The van der Waals surface area contributed by atoms with Crippen molar-refractivity contribution in [3.8, 4) is 0 Å². The van der Waals surface area contributed by atoms with Crippen molar-refractivity contribution in [1.82, 2.24) is 15.0 Å². The number of halogens is 3. The van der Waals surface area contributed by atoms with Gasteiger partial charge in [-0.05, 0) is 18.2 Å². The van der Waals surface area contributed by atoms with Crippen LogP contribution in [-0.2, 0) is 10.0 Å². The number of fused-ring (bicyclic) bond motifs is 1. The van der Waals surface area contributed by atoms with Crippen molar-refractivity contribution in [3.63, 3.8) is 0 Å². The fraction of sp³-hybridized carbons (Fsp3) is 0.263. The first-order valence-electron chi connectivity index (χ1n) is 9.60. The molecule has 1 saturated heterocycles. The van der Waals surface area contributed by atoms with Crippen LogP contribution in [0.4, 0.5) is 24.7 Å². The first-order valence-corrected chi connectivity index (χ1v) is 11.1. The lowest BCUT2D eigenvalue weighted by molar-refractivity contribution is -0.0394. The molecule has 1 atom stereocenters. The predicted molar refractivity (Wildman–Crippen MR) is 113 cm³/mol. The predicted octanol–water partition coefficient (Wildman–Crippen LogP) is 1.24. The van der Waals surface area contributed by atoms with Crippen LogP contribution in [0.15, 0.2) is 41.6 Å². The maximum Gasteiger partial charge on any atom is 0.278 e. The molecular formula is C19H18F3N7O3S. The number of hydrogen-bond acceptors (Lipinski definition) is 8. The molecule has 14 heteroatoms. The van der Waals surface area contributed by atoms with E-state index in [4.69, 9.17) is 10.9 Å². The van der Waals surface area contributed by atoms with Crippen LogP contribution in [0.25, 0.3) is 11.0 Å². The van der Waals surface area contributed by atoms with Crippen LogP contribution >= 0.6 is 0 Å². The van der Waals surface area contributed by atoms with Gasteiger partial charge in [-0.25, -0.2) is 41.7 Å². The third-order valence-corrected chi connectivity index (χ3v) is 5.89. The number of nitrogens with two attached hydrogens (primary N) is 2. The van der Waals surface area contributed by atoms with E-state index in [1.54, 1.807) is 0 Å². The Kier molecular flexibility index (Phi) is 5.67. The lowest BCUT2D eigenvalue weighted by Gasteiger charge is -2.37. The molecule has 174 valence electrons. The largest absolute Gasteiger partial charge is 0.353 e. The van der Waals surface area contributed by atoms with Gasteiger partial charge in [0.25, 0.3) is 21.9 Å². The number of alkyl halides is 2. The molecule has 0 radical (unpaired) electrons. The molecule has 0 saturated carbocycles. The molecule has 2 aromatic heterocycles. The Morgan fingerprint density at radius 3 is 2.64 bits per heavy atom. The zero-order valence-electron chi connectivity index (χ0n) is 16.9. The van der Waals surface area contributed by atoms with Gasteiger partial charge in [-0.3, -0.25) is 4.79 Å². The van der Waals surface area contributed by atoms with E-state index < -0.39 is 45.2 Å². The van der Waals surface area contributed by atoms with Crippen molar-refractivity contribution in [2.75, 3.05) is 23.3 Å². The van der Waals surface area contributed by atoms with Crippen molar-refractivity contribution < 1.29 is 26.4 Å². The lowest BCUT2D eigenvalue weighted by Crippen LogP contribution is -2.55. The van der Waals surface area contributed by atoms with Crippen LogP contribution < -0.4 is 21.1 Å². The molecule has 3 aromatic rings. The Labute approximate surface area is 185 Å². The summed E-state index contributed by atoms with van der Waals surface area (Å²) in [5.41, 5.74) is 5.73. The van der Waals surface area contributed by atoms with E-state index in [0.717, 1.165) is 24.4 Å². The number of benzene rings is 1. The van der Waals surface area contributed by atoms with Crippen LogP contribution in [0.5, 0.6) is 0 Å². The van der Waals surface area contributed by atoms with Gasteiger partial charge < -0.3 is 16.0 Å². The molecular weight excluding hydrogens is 463 g/mol. The maximum absolute atomic E-state index is 13.9. The number of amides is 1. The molecule has 1 aromatic carbocycles. The number of pyridine rings is 1. The highest BCUT2D eigenvalue weighted by Gasteiger charge is 2.43. The Morgan fingerprint density at radius 1 is 1.18 bits per heavy atom. The second kappa shape index (κ2) is 8.20. The molecule has 0 bridgehead atoms. The summed E-state index contributed by atoms with van der Waals surface area (Å²) in [6, 6.07) is 4.43. The van der Waals surface area contributed by atoms with Crippen LogP contribution in [-0.4, -0.2) is 54.3 Å². The zero-order valence-corrected chi connectivity index (χ0v) is 17.7. The highest BCUT2D eigenvalue weighted by atomic mass is 32.2. The number of aromatic nitrogens is 3. The van der Waals surface area contributed by atoms with Crippen molar-refractivity contribution in [2.45, 2.75) is 23.4 Å². The Bertz CT molecular complexity index is 1350. The number of carbonyl (C=O) groups excluding carboxylic acids is 1. The summed E-state index contributed by atoms with van der Waals surface area (Å²) in [4.78, 5) is 26.6. The quantitative estimate of drug-likeness (QED) is 0.502. The summed E-state index contributed by atoms with van der Waals surface area (Å²) in [6.07, 6.45) is 0.566. The van der Waals surface area contributed by atoms with Crippen LogP contribution in [0, 0.1) is 5.82 Å². The van der Waals surface area contributed by atoms with Crippen molar-refractivity contribution >= 4 is 38.5 Å². The summed E-state index contributed by atoms with van der Waals surface area (Å²) in [6.45, 7) is -0.477. The number of anilines is 2. The Hall–Kier alpha value is -3.36. The summed E-state index contributed by atoms with van der Waals surface area (Å²) >= 11 is 0. The van der Waals surface area contributed by atoms with E-state index >= 15 is 0 Å². The molecule has 1 aliphatic heterocycles. The van der Waals surface area contributed by atoms with Crippen LogP contribution in [0.2, 0.25) is 0 Å². The smallest absolute Gasteiger partial charge is 0.278 e. The molecule has 3 heterocycles. The number of piperidine rings is 1. The van der Waals surface area contributed by atoms with Crippen molar-refractivity contribution in [1.29, 1.82) is 0 Å². The number of nitrogens with zero attached hydrogens (tertiary/aromatic N) is 4. The van der Waals surface area contributed by atoms with Gasteiger partial charge in [0.05, 0.1) is 17.1 Å². The SMILES string of the molecule is N[C@@H]1CN(c2nc3cc(F)ccc3nc2C(=O)Nc2ccnc(S(N)(=O)=O)c2)CCC1(F)F. The topological polar surface area (TPSA) is 157 Å². The van der Waals surface area contributed by atoms with E-state index in [2.05, 4.69) is 20.3 Å². The average molecular weight is 481 g/mol. The first-order chi connectivity index (χ1) is 15.4. The number of nitrogens with one attached hydrogen (secondary N) is 1. The maximum atomic E-state index is 13.9. The lowest BCUT2D eigenvalue weighted by atomic mass is 10.0. The minimum absolute atomic E-state index is 0.0489. The minimum atomic E-state index is -4.12. The second-order valence-electron chi connectivity index (χ2n) is 7.47. The molecule has 33 heavy (non-hydrogen) atoms. The minimum Gasteiger partial charge on any atom is -0.353 e.